The summed E-state index contributed by atoms with van der Waals surface area (Å²) in [5.74, 6) is 4.95. The summed E-state index contributed by atoms with van der Waals surface area (Å²) in [5, 5.41) is 0. The van der Waals surface area contributed by atoms with Gasteiger partial charge in [0.2, 0.25) is 0 Å². The number of carbonyl (C=O) groups excluding carboxylic acids is 1. The van der Waals surface area contributed by atoms with Crippen LogP contribution in [-0.2, 0) is 11.3 Å². The van der Waals surface area contributed by atoms with E-state index in [0.29, 0.717) is 10.9 Å². The van der Waals surface area contributed by atoms with Crippen LogP contribution in [0.2, 0.25) is 0 Å². The molecule has 2 atom stereocenters. The fourth-order valence-corrected chi connectivity index (χ4v) is 3.21. The topological polar surface area (TPSA) is 67.6 Å². The lowest BCUT2D eigenvalue weighted by Crippen LogP contribution is -2.46. The third kappa shape index (κ3) is 3.33. The number of hydrogen-bond donors (Lipinski definition) is 2. The highest BCUT2D eigenvalue weighted by atomic mass is 32.1. The van der Waals surface area contributed by atoms with E-state index in [0.717, 1.165) is 19.7 Å². The van der Waals surface area contributed by atoms with Gasteiger partial charge in [-0.15, -0.1) is 11.3 Å². The van der Waals surface area contributed by atoms with Crippen LogP contribution >= 0.6 is 11.3 Å². The zero-order valence-electron chi connectivity index (χ0n) is 11.6. The van der Waals surface area contributed by atoms with Crippen molar-refractivity contribution in [1.29, 1.82) is 0 Å². The highest BCUT2D eigenvalue weighted by Gasteiger charge is 2.24. The molecule has 2 rings (SSSR count). The summed E-state index contributed by atoms with van der Waals surface area (Å²) in [7, 11) is 0. The molecule has 5 nitrogen and oxygen atoms in total. The summed E-state index contributed by atoms with van der Waals surface area (Å²) in [5.41, 5.74) is 3.38. The van der Waals surface area contributed by atoms with Crippen LogP contribution in [0.15, 0.2) is 6.07 Å². The van der Waals surface area contributed by atoms with Gasteiger partial charge >= 0.3 is 0 Å². The molecule has 106 valence electrons. The van der Waals surface area contributed by atoms with Gasteiger partial charge in [0.15, 0.2) is 0 Å². The zero-order valence-corrected chi connectivity index (χ0v) is 12.4. The Bertz CT molecular complexity index is 461. The lowest BCUT2D eigenvalue weighted by atomic mass is 10.1. The van der Waals surface area contributed by atoms with E-state index in [1.165, 1.54) is 21.8 Å². The number of ether oxygens (including phenoxy) is 1. The summed E-state index contributed by atoms with van der Waals surface area (Å²) in [4.78, 5) is 15.8. The molecular weight excluding hydrogens is 262 g/mol. The maximum Gasteiger partial charge on any atom is 0.275 e. The monoisotopic (exact) mass is 283 g/mol. The van der Waals surface area contributed by atoms with Crippen molar-refractivity contribution in [3.8, 4) is 0 Å². The van der Waals surface area contributed by atoms with Gasteiger partial charge in [-0.2, -0.15) is 0 Å². The number of nitrogen functional groups attached to an aromatic ring is 1. The molecule has 1 aliphatic heterocycles. The molecule has 6 heteroatoms. The predicted octanol–water partition coefficient (Wildman–Crippen LogP) is 1.27. The maximum atomic E-state index is 11.5. The Morgan fingerprint density at radius 1 is 1.63 bits per heavy atom. The Hall–Kier alpha value is -0.950. The summed E-state index contributed by atoms with van der Waals surface area (Å²) >= 11 is 1.49. The number of rotatable bonds is 3. The largest absolute Gasteiger partial charge is 0.376 e. The SMILES string of the molecule is Cc1sc(C(=O)NN)cc1CN1CC(C)OCC1C. The molecule has 0 saturated carbocycles. The Morgan fingerprint density at radius 2 is 2.37 bits per heavy atom. The Labute approximate surface area is 117 Å². The summed E-state index contributed by atoms with van der Waals surface area (Å²) in [6, 6.07) is 2.34. The van der Waals surface area contributed by atoms with E-state index in [4.69, 9.17) is 10.6 Å². The summed E-state index contributed by atoms with van der Waals surface area (Å²) < 4.78 is 5.63. The number of aryl methyl sites for hydroxylation is 1. The van der Waals surface area contributed by atoms with Gasteiger partial charge in [0.25, 0.3) is 5.91 Å². The minimum Gasteiger partial charge on any atom is -0.376 e. The summed E-state index contributed by atoms with van der Waals surface area (Å²) in [6.45, 7) is 8.85. The molecule has 2 heterocycles. The van der Waals surface area contributed by atoms with Gasteiger partial charge in [0.1, 0.15) is 0 Å². The highest BCUT2D eigenvalue weighted by molar-refractivity contribution is 7.14. The smallest absolute Gasteiger partial charge is 0.275 e. The van der Waals surface area contributed by atoms with Gasteiger partial charge < -0.3 is 4.74 Å². The average molecular weight is 283 g/mol. The summed E-state index contributed by atoms with van der Waals surface area (Å²) in [6.07, 6.45) is 0.266. The average Bonchev–Trinajstić information content (AvgIpc) is 2.74. The zero-order chi connectivity index (χ0) is 14.0. The molecule has 2 unspecified atom stereocenters. The molecule has 1 aromatic rings. The van der Waals surface area contributed by atoms with Crippen LogP contribution in [0.25, 0.3) is 0 Å². The molecule has 0 spiro atoms. The molecule has 3 N–H and O–H groups in total. The van der Waals surface area contributed by atoms with Gasteiger partial charge in [-0.25, -0.2) is 5.84 Å². The molecule has 0 aliphatic carbocycles. The number of nitrogens with two attached hydrogens (primary N) is 1. The van der Waals surface area contributed by atoms with E-state index in [1.807, 2.05) is 13.0 Å². The minimum absolute atomic E-state index is 0.220. The lowest BCUT2D eigenvalue weighted by Gasteiger charge is -2.36. The third-order valence-electron chi connectivity index (χ3n) is 3.49. The number of hydrazine groups is 1. The van der Waals surface area contributed by atoms with Crippen LogP contribution in [-0.4, -0.2) is 36.1 Å². The van der Waals surface area contributed by atoms with Crippen LogP contribution in [0.4, 0.5) is 0 Å². The van der Waals surface area contributed by atoms with E-state index < -0.39 is 0 Å². The normalized spacial score (nSPS) is 24.4. The third-order valence-corrected chi connectivity index (χ3v) is 4.58. The molecule has 1 aliphatic rings. The molecule has 1 saturated heterocycles. The maximum absolute atomic E-state index is 11.5. The first-order valence-corrected chi connectivity index (χ1v) is 7.28. The van der Waals surface area contributed by atoms with Crippen molar-refractivity contribution < 1.29 is 9.53 Å². The van der Waals surface area contributed by atoms with Crippen molar-refractivity contribution >= 4 is 17.2 Å². The number of nitrogens with zero attached hydrogens (tertiary/aromatic N) is 1. The molecule has 1 amide bonds. The molecule has 1 aromatic heterocycles. The van der Waals surface area contributed by atoms with Crippen molar-refractivity contribution in [3.05, 3.63) is 21.4 Å². The number of hydrogen-bond acceptors (Lipinski definition) is 5. The fraction of sp³-hybridized carbons (Fsp3) is 0.615. The molecule has 0 radical (unpaired) electrons. The first-order chi connectivity index (χ1) is 9.01. The van der Waals surface area contributed by atoms with E-state index in [1.54, 1.807) is 0 Å². The Balaban J connectivity index is 2.10. The molecule has 1 fully saturated rings. The fourth-order valence-electron chi connectivity index (χ4n) is 2.27. The number of amides is 1. The van der Waals surface area contributed by atoms with E-state index in [9.17, 15) is 4.79 Å². The number of thiophene rings is 1. The van der Waals surface area contributed by atoms with Crippen molar-refractivity contribution in [2.45, 2.75) is 39.5 Å². The van der Waals surface area contributed by atoms with Crippen molar-refractivity contribution in [1.82, 2.24) is 10.3 Å². The van der Waals surface area contributed by atoms with Crippen molar-refractivity contribution in [2.24, 2.45) is 5.84 Å². The van der Waals surface area contributed by atoms with Crippen LogP contribution in [0.3, 0.4) is 0 Å². The second kappa shape index (κ2) is 6.00. The quantitative estimate of drug-likeness (QED) is 0.498. The molecule has 19 heavy (non-hydrogen) atoms. The van der Waals surface area contributed by atoms with Gasteiger partial charge in [0, 0.05) is 24.0 Å². The van der Waals surface area contributed by atoms with Gasteiger partial charge in [-0.1, -0.05) is 0 Å². The molecular formula is C13H21N3O2S. The van der Waals surface area contributed by atoms with E-state index in [2.05, 4.69) is 24.2 Å². The molecule has 0 bridgehead atoms. The van der Waals surface area contributed by atoms with E-state index >= 15 is 0 Å². The second-order valence-corrected chi connectivity index (χ2v) is 6.34. The Morgan fingerprint density at radius 3 is 3.05 bits per heavy atom. The van der Waals surface area contributed by atoms with Crippen molar-refractivity contribution in [2.75, 3.05) is 13.2 Å². The van der Waals surface area contributed by atoms with Gasteiger partial charge in [-0.3, -0.25) is 15.1 Å². The van der Waals surface area contributed by atoms with Gasteiger partial charge in [0.05, 0.1) is 17.6 Å². The Kier molecular flexibility index (Phi) is 4.57. The van der Waals surface area contributed by atoms with Crippen LogP contribution < -0.4 is 11.3 Å². The van der Waals surface area contributed by atoms with E-state index in [-0.39, 0.29) is 12.0 Å². The first-order valence-electron chi connectivity index (χ1n) is 6.47. The van der Waals surface area contributed by atoms with Crippen molar-refractivity contribution in [3.63, 3.8) is 0 Å². The number of carbonyl (C=O) groups is 1. The van der Waals surface area contributed by atoms with Gasteiger partial charge in [-0.05, 0) is 32.4 Å². The molecule has 0 aromatic carbocycles. The predicted molar refractivity (Wildman–Crippen MR) is 76.0 cm³/mol. The first kappa shape index (κ1) is 14.5. The lowest BCUT2D eigenvalue weighted by molar-refractivity contribution is -0.0526. The number of morpholine rings is 1. The second-order valence-electron chi connectivity index (χ2n) is 5.09. The number of nitrogens with one attached hydrogen (secondary N) is 1. The standard InChI is InChI=1S/C13H21N3O2S/c1-8-7-18-9(2)5-16(8)6-11-4-12(13(17)15-14)19-10(11)3/h4,8-9H,5-7,14H2,1-3H3,(H,15,17). The van der Waals surface area contributed by atoms with Crippen LogP contribution in [0.5, 0.6) is 0 Å². The minimum atomic E-state index is -0.220. The highest BCUT2D eigenvalue weighted by Crippen LogP contribution is 2.24. The van der Waals surface area contributed by atoms with Crippen LogP contribution in [0.1, 0.15) is 34.0 Å². The van der Waals surface area contributed by atoms with Crippen LogP contribution in [0, 0.1) is 6.92 Å².